The Balaban J connectivity index is 1.63. The van der Waals surface area contributed by atoms with Gasteiger partial charge in [-0.3, -0.25) is 14.5 Å². The molecule has 0 aliphatic carbocycles. The monoisotopic (exact) mass is 379 g/mol. The van der Waals surface area contributed by atoms with Crippen molar-refractivity contribution < 1.29 is 23.9 Å². The number of benzene rings is 2. The smallest absolute Gasteiger partial charge is 0.337 e. The number of hydrogen-bond acceptors (Lipinski definition) is 5. The summed E-state index contributed by atoms with van der Waals surface area (Å²) in [7, 11) is 1.32. The Morgan fingerprint density at radius 2 is 1.64 bits per heavy atom. The van der Waals surface area contributed by atoms with E-state index in [1.165, 1.54) is 12.0 Å². The fraction of sp³-hybridized carbons (Fsp3) is 0.273. The molecule has 0 saturated heterocycles. The van der Waals surface area contributed by atoms with E-state index < -0.39 is 5.97 Å². The zero-order chi connectivity index (χ0) is 20.1. The zero-order valence-corrected chi connectivity index (χ0v) is 15.6. The molecule has 144 valence electrons. The molecule has 0 aromatic heterocycles. The quantitative estimate of drug-likeness (QED) is 0.400. The third-order valence-electron chi connectivity index (χ3n) is 5.00. The topological polar surface area (TPSA) is 80.8 Å². The predicted octanol–water partition coefficient (Wildman–Crippen LogP) is 3.22. The van der Waals surface area contributed by atoms with Crippen LogP contribution in [0.3, 0.4) is 0 Å². The molecule has 2 aromatic rings. The van der Waals surface area contributed by atoms with Gasteiger partial charge in [0.25, 0.3) is 11.8 Å². The van der Waals surface area contributed by atoms with Crippen molar-refractivity contribution in [3.05, 3.63) is 70.8 Å². The van der Waals surface area contributed by atoms with E-state index in [2.05, 4.69) is 4.74 Å². The molecule has 0 radical (unpaired) electrons. The average molecular weight is 379 g/mol. The standard InChI is InChI=1S/C22H21NO5/c1-28-22(27)17-10-8-16(9-11-17)15(12-14-24)5-4-13-23-20(25)18-6-2-3-7-19(18)21(23)26/h2-3,6-11,14-15H,4-5,12-13H2,1H3. The normalized spacial score (nSPS) is 14.0. The number of esters is 1. The number of hydrogen-bond donors (Lipinski definition) is 0. The van der Waals surface area contributed by atoms with Gasteiger partial charge in [-0.1, -0.05) is 24.3 Å². The first-order valence-corrected chi connectivity index (χ1v) is 9.14. The molecule has 1 aliphatic rings. The minimum atomic E-state index is -0.413. The molecule has 0 spiro atoms. The second-order valence-electron chi connectivity index (χ2n) is 6.66. The first kappa shape index (κ1) is 19.5. The van der Waals surface area contributed by atoms with Gasteiger partial charge < -0.3 is 9.53 Å². The van der Waals surface area contributed by atoms with E-state index in [1.807, 2.05) is 12.1 Å². The van der Waals surface area contributed by atoms with Crippen LogP contribution in [-0.2, 0) is 9.53 Å². The summed E-state index contributed by atoms with van der Waals surface area (Å²) in [6.45, 7) is 0.307. The van der Waals surface area contributed by atoms with Crippen LogP contribution in [-0.4, -0.2) is 42.6 Å². The summed E-state index contributed by atoms with van der Waals surface area (Å²) in [4.78, 5) is 48.7. The van der Waals surface area contributed by atoms with Crippen molar-refractivity contribution in [1.82, 2.24) is 4.90 Å². The molecule has 1 unspecified atom stereocenters. The first-order chi connectivity index (χ1) is 13.6. The maximum Gasteiger partial charge on any atom is 0.337 e. The summed E-state index contributed by atoms with van der Waals surface area (Å²) in [6.07, 6.45) is 2.42. The minimum absolute atomic E-state index is 0.0422. The van der Waals surface area contributed by atoms with E-state index in [4.69, 9.17) is 0 Å². The lowest BCUT2D eigenvalue weighted by Gasteiger charge is -2.18. The van der Waals surface area contributed by atoms with Crippen LogP contribution >= 0.6 is 0 Å². The van der Waals surface area contributed by atoms with Gasteiger partial charge in [0.2, 0.25) is 0 Å². The number of methoxy groups -OCH3 is 1. The highest BCUT2D eigenvalue weighted by Crippen LogP contribution is 2.27. The van der Waals surface area contributed by atoms with E-state index >= 15 is 0 Å². The van der Waals surface area contributed by atoms with E-state index in [0.29, 0.717) is 42.5 Å². The Kier molecular flexibility index (Phi) is 5.99. The summed E-state index contributed by atoms with van der Waals surface area (Å²) < 4.78 is 4.69. The largest absolute Gasteiger partial charge is 0.465 e. The van der Waals surface area contributed by atoms with Gasteiger partial charge in [-0.2, -0.15) is 0 Å². The zero-order valence-electron chi connectivity index (χ0n) is 15.6. The molecule has 28 heavy (non-hydrogen) atoms. The van der Waals surface area contributed by atoms with Crippen LogP contribution < -0.4 is 0 Å². The van der Waals surface area contributed by atoms with E-state index in [-0.39, 0.29) is 17.7 Å². The van der Waals surface area contributed by atoms with E-state index in [1.54, 1.807) is 36.4 Å². The molecule has 0 saturated carbocycles. The SMILES string of the molecule is COC(=O)c1ccc(C(CC=O)CCCN2C(=O)c3ccccc3C2=O)cc1. The number of carbonyl (C=O) groups excluding carboxylic acids is 4. The van der Waals surface area contributed by atoms with Crippen molar-refractivity contribution in [1.29, 1.82) is 0 Å². The molecule has 6 heteroatoms. The number of ether oxygens (including phenoxy) is 1. The number of aldehydes is 1. The Morgan fingerprint density at radius 1 is 1.04 bits per heavy atom. The molecule has 2 aromatic carbocycles. The van der Waals surface area contributed by atoms with E-state index in [0.717, 1.165) is 11.8 Å². The number of nitrogens with zero attached hydrogens (tertiary/aromatic N) is 1. The van der Waals surface area contributed by atoms with Crippen LogP contribution in [0.15, 0.2) is 48.5 Å². The molecule has 3 rings (SSSR count). The highest BCUT2D eigenvalue weighted by molar-refractivity contribution is 6.21. The summed E-state index contributed by atoms with van der Waals surface area (Å²) in [5, 5.41) is 0. The van der Waals surface area contributed by atoms with Crippen LogP contribution in [0, 0.1) is 0 Å². The van der Waals surface area contributed by atoms with Crippen LogP contribution in [0.25, 0.3) is 0 Å². The number of imide groups is 1. The summed E-state index contributed by atoms with van der Waals surface area (Å²) in [5.74, 6) is -0.992. The van der Waals surface area contributed by atoms with Gasteiger partial charge in [-0.15, -0.1) is 0 Å². The van der Waals surface area contributed by atoms with Crippen molar-refractivity contribution >= 4 is 24.1 Å². The van der Waals surface area contributed by atoms with Crippen molar-refractivity contribution in [2.45, 2.75) is 25.2 Å². The van der Waals surface area contributed by atoms with Gasteiger partial charge in [0.1, 0.15) is 6.29 Å². The van der Waals surface area contributed by atoms with Crippen molar-refractivity contribution in [3.63, 3.8) is 0 Å². The van der Waals surface area contributed by atoms with Crippen LogP contribution in [0.5, 0.6) is 0 Å². The van der Waals surface area contributed by atoms with Crippen molar-refractivity contribution in [3.8, 4) is 0 Å². The molecule has 1 heterocycles. The van der Waals surface area contributed by atoms with E-state index in [9.17, 15) is 19.2 Å². The van der Waals surface area contributed by atoms with Gasteiger partial charge in [-0.25, -0.2) is 4.79 Å². The highest BCUT2D eigenvalue weighted by Gasteiger charge is 2.34. The van der Waals surface area contributed by atoms with Crippen molar-refractivity contribution in [2.75, 3.05) is 13.7 Å². The fourth-order valence-corrected chi connectivity index (χ4v) is 3.48. The van der Waals surface area contributed by atoms with Gasteiger partial charge in [0.05, 0.1) is 23.8 Å². The molecule has 1 aliphatic heterocycles. The second-order valence-corrected chi connectivity index (χ2v) is 6.66. The van der Waals surface area contributed by atoms with Gasteiger partial charge in [-0.05, 0) is 48.6 Å². The number of rotatable bonds is 8. The molecule has 0 bridgehead atoms. The van der Waals surface area contributed by atoms with Crippen molar-refractivity contribution in [2.24, 2.45) is 0 Å². The van der Waals surface area contributed by atoms with Gasteiger partial charge in [0.15, 0.2) is 0 Å². The number of amides is 2. The highest BCUT2D eigenvalue weighted by atomic mass is 16.5. The summed E-state index contributed by atoms with van der Waals surface area (Å²) >= 11 is 0. The lowest BCUT2D eigenvalue weighted by molar-refractivity contribution is -0.108. The predicted molar refractivity (Wildman–Crippen MR) is 102 cm³/mol. The molecule has 6 nitrogen and oxygen atoms in total. The second kappa shape index (κ2) is 8.61. The fourth-order valence-electron chi connectivity index (χ4n) is 3.48. The Labute approximate surface area is 163 Å². The first-order valence-electron chi connectivity index (χ1n) is 9.14. The molecule has 1 atom stereocenters. The molecular formula is C22H21NO5. The summed E-state index contributed by atoms with van der Waals surface area (Å²) in [6, 6.07) is 13.8. The lowest BCUT2D eigenvalue weighted by atomic mass is 9.91. The van der Waals surface area contributed by atoms with Crippen LogP contribution in [0.4, 0.5) is 0 Å². The number of fused-ring (bicyclic) bond motifs is 1. The maximum atomic E-state index is 12.4. The Hall–Kier alpha value is -3.28. The molecule has 0 N–H and O–H groups in total. The third-order valence-corrected chi connectivity index (χ3v) is 5.00. The molecular weight excluding hydrogens is 358 g/mol. The van der Waals surface area contributed by atoms with Gasteiger partial charge in [0, 0.05) is 13.0 Å². The third kappa shape index (κ3) is 3.86. The maximum absolute atomic E-state index is 12.4. The van der Waals surface area contributed by atoms with Gasteiger partial charge >= 0.3 is 5.97 Å². The van der Waals surface area contributed by atoms with Crippen LogP contribution in [0.2, 0.25) is 0 Å². The Bertz CT molecular complexity index is 868. The molecule has 2 amide bonds. The number of carbonyl (C=O) groups is 4. The Morgan fingerprint density at radius 3 is 2.18 bits per heavy atom. The average Bonchev–Trinajstić information content (AvgIpc) is 2.97. The lowest BCUT2D eigenvalue weighted by Crippen LogP contribution is -2.30. The molecule has 0 fully saturated rings. The minimum Gasteiger partial charge on any atom is -0.465 e. The van der Waals surface area contributed by atoms with Crippen LogP contribution in [0.1, 0.15) is 61.8 Å². The summed E-state index contributed by atoms with van der Waals surface area (Å²) in [5.41, 5.74) is 2.26.